The van der Waals surface area contributed by atoms with Crippen LogP contribution in [0, 0.1) is 0 Å². The van der Waals surface area contributed by atoms with Crippen molar-refractivity contribution in [2.45, 2.75) is 0 Å². The van der Waals surface area contributed by atoms with Crippen LogP contribution in [-0.2, 0) is 14.9 Å². The molecular weight excluding hydrogens is 621 g/mol. The molecule has 0 fully saturated rings. The third kappa shape index (κ3) is 25.8. The summed E-state index contributed by atoms with van der Waals surface area (Å²) in [5, 5.41) is 0. The van der Waals surface area contributed by atoms with Gasteiger partial charge in [-0.05, 0) is 0 Å². The molecule has 0 atom stereocenters. The van der Waals surface area contributed by atoms with Gasteiger partial charge in [-0.15, -0.1) is 0 Å². The topological polar surface area (TPSA) is 0 Å². The first kappa shape index (κ1) is 12.2. The second-order valence-corrected chi connectivity index (χ2v) is 31.8. The standard InChI is InChI=1S/2HI.Mo.Pb.2S/h2*1H;;;;/q;;;+2;;/p-2. The van der Waals surface area contributed by atoms with E-state index in [0.29, 0.717) is 0 Å². The molecule has 6 heavy (non-hydrogen) atoms. The number of hydrogen-bond acceptors (Lipinski definition) is 2. The molecule has 0 aliphatic rings. The number of halogens is 2. The Morgan fingerprint density at radius 3 is 1.33 bits per heavy atom. The van der Waals surface area contributed by atoms with E-state index in [-0.39, 0.29) is 30.6 Å². The third-order valence-corrected chi connectivity index (χ3v) is 0. The van der Waals surface area contributed by atoms with E-state index in [1.54, 1.807) is 0 Å². The molecule has 0 nitrogen and oxygen atoms in total. The Balaban J connectivity index is 0. The molecule has 0 unspecified atom stereocenters. The fraction of sp³-hybridized carbons (Fsp3) is 0. The minimum atomic E-state index is -0.363. The van der Waals surface area contributed by atoms with Crippen molar-refractivity contribution in [3.63, 3.8) is 0 Å². The SMILES string of the molecule is [I][Pb][I].[S]=[Mo]=[S]. The van der Waals surface area contributed by atoms with Gasteiger partial charge in [0.15, 0.2) is 0 Å². The zero-order valence-corrected chi connectivity index (χ0v) is 14.3. The van der Waals surface area contributed by atoms with Crippen LogP contribution in [0.25, 0.3) is 0 Å². The average Bonchev–Trinajstić information content (AvgIpc) is 1.39. The molecule has 0 aromatic rings. The molecule has 0 aromatic carbocycles. The average molecular weight is 621 g/mol. The van der Waals surface area contributed by atoms with Gasteiger partial charge in [0, 0.05) is 0 Å². The molecule has 2 radical (unpaired) electrons. The van der Waals surface area contributed by atoms with Crippen LogP contribution in [0.15, 0.2) is 0 Å². The van der Waals surface area contributed by atoms with Gasteiger partial charge < -0.3 is 0 Å². The maximum absolute atomic E-state index is 4.34. The van der Waals surface area contributed by atoms with Crippen LogP contribution >= 0.6 is 55.2 Å². The van der Waals surface area contributed by atoms with Gasteiger partial charge in [-0.3, -0.25) is 0 Å². The van der Waals surface area contributed by atoms with Crippen LogP contribution < -0.4 is 0 Å². The van der Waals surface area contributed by atoms with Gasteiger partial charge in [0.1, 0.15) is 0 Å². The number of hydrogen-bond donors (Lipinski definition) is 0. The second-order valence-electron chi connectivity index (χ2n) is 0.139. The van der Waals surface area contributed by atoms with Crippen LogP contribution in [0.3, 0.4) is 0 Å². The zero-order chi connectivity index (χ0) is 5.41. The van der Waals surface area contributed by atoms with Gasteiger partial charge in [0.05, 0.1) is 0 Å². The van der Waals surface area contributed by atoms with Crippen LogP contribution in [0.2, 0.25) is 0 Å². The van der Waals surface area contributed by atoms with E-state index in [1.807, 2.05) is 0 Å². The number of rotatable bonds is 0. The summed E-state index contributed by atoms with van der Waals surface area (Å²) in [7, 11) is 8.68. The predicted molar refractivity (Wildman–Crippen MR) is 49.0 cm³/mol. The van der Waals surface area contributed by atoms with Crippen molar-refractivity contribution >= 4 is 70.8 Å². The van der Waals surface area contributed by atoms with Crippen LogP contribution in [0.5, 0.6) is 0 Å². The third-order valence-electron chi connectivity index (χ3n) is 0. The second kappa shape index (κ2) is 15.8. The Bertz CT molecular complexity index is 40.8. The Hall–Kier alpha value is 3.51. The molecule has 0 N–H and O–H groups in total. The zero-order valence-electron chi connectivity index (χ0n) is 2.48. The summed E-state index contributed by atoms with van der Waals surface area (Å²) >= 11 is 4.60. The van der Waals surface area contributed by atoms with E-state index in [0.717, 1.165) is 0 Å². The Labute approximate surface area is 83.1 Å². The van der Waals surface area contributed by atoms with Gasteiger partial charge in [-0.1, -0.05) is 0 Å². The van der Waals surface area contributed by atoms with Gasteiger partial charge in [-0.25, -0.2) is 0 Å². The van der Waals surface area contributed by atoms with Gasteiger partial charge >= 0.3 is 85.7 Å². The summed E-state index contributed by atoms with van der Waals surface area (Å²) in [6.07, 6.45) is 0. The first-order valence-electron chi connectivity index (χ1n) is 0.711. The van der Waals surface area contributed by atoms with Crippen LogP contribution in [-0.4, -0.2) is 15.6 Å². The van der Waals surface area contributed by atoms with E-state index >= 15 is 0 Å². The normalized spacial score (nSPS) is 5.00. The van der Waals surface area contributed by atoms with Gasteiger partial charge in [0.25, 0.3) is 0 Å². The molecule has 6 heteroatoms. The molecule has 0 rings (SSSR count). The fourth-order valence-corrected chi connectivity index (χ4v) is 0. The van der Waals surface area contributed by atoms with Gasteiger partial charge in [-0.2, -0.15) is 0 Å². The molecule has 0 heterocycles. The summed E-state index contributed by atoms with van der Waals surface area (Å²) in [5.74, 6) is 0. The molecule has 0 amide bonds. The molecule has 36 valence electrons. The Morgan fingerprint density at radius 2 is 1.33 bits per heavy atom. The first-order chi connectivity index (χ1) is 2.83. The molecule has 0 aromatic heterocycles. The van der Waals surface area contributed by atoms with Crippen molar-refractivity contribution in [2.75, 3.05) is 0 Å². The monoisotopic (exact) mass is 624 g/mol. The molecule has 0 saturated carbocycles. The van der Waals surface area contributed by atoms with Crippen molar-refractivity contribution in [3.05, 3.63) is 0 Å². The van der Waals surface area contributed by atoms with Crippen LogP contribution in [0.1, 0.15) is 0 Å². The van der Waals surface area contributed by atoms with Crippen molar-refractivity contribution < 1.29 is 14.9 Å². The molecule has 0 aliphatic heterocycles. The first-order valence-corrected chi connectivity index (χ1v) is 28.2. The van der Waals surface area contributed by atoms with E-state index in [9.17, 15) is 0 Å². The molecule has 0 spiro atoms. The van der Waals surface area contributed by atoms with E-state index in [4.69, 9.17) is 0 Å². The van der Waals surface area contributed by atoms with Crippen LogP contribution in [0.4, 0.5) is 0 Å². The molecule has 0 aliphatic carbocycles. The van der Waals surface area contributed by atoms with Crippen molar-refractivity contribution in [1.82, 2.24) is 0 Å². The maximum atomic E-state index is 4.34. The quantitative estimate of drug-likeness (QED) is 0.302. The summed E-state index contributed by atoms with van der Waals surface area (Å²) in [5.41, 5.74) is 0. The Kier molecular flexibility index (Phi) is 32.2. The fourth-order valence-electron chi connectivity index (χ4n) is 0. The van der Waals surface area contributed by atoms with E-state index < -0.39 is 0 Å². The van der Waals surface area contributed by atoms with Crippen molar-refractivity contribution in [2.24, 2.45) is 0 Å². The Morgan fingerprint density at radius 1 is 1.33 bits per heavy atom. The molecule has 0 saturated heterocycles. The summed E-state index contributed by atoms with van der Waals surface area (Å²) in [4.78, 5) is 0. The summed E-state index contributed by atoms with van der Waals surface area (Å²) < 4.78 is 0. The van der Waals surface area contributed by atoms with E-state index in [1.165, 1.54) is 0 Å². The minimum absolute atomic E-state index is 0.0233. The van der Waals surface area contributed by atoms with Crippen molar-refractivity contribution in [3.8, 4) is 0 Å². The summed E-state index contributed by atoms with van der Waals surface area (Å²) in [6, 6.07) is 0. The van der Waals surface area contributed by atoms with E-state index in [2.05, 4.69) is 55.2 Å². The summed E-state index contributed by atoms with van der Waals surface area (Å²) in [6.45, 7) is 0. The van der Waals surface area contributed by atoms with Crippen molar-refractivity contribution in [1.29, 1.82) is 0 Å². The molecular formula is I2MoPbS2. The molecule has 0 bridgehead atoms. The van der Waals surface area contributed by atoms with Gasteiger partial charge in [0.2, 0.25) is 0 Å². The predicted octanol–water partition coefficient (Wildman–Crippen LogP) is 2.68.